The van der Waals surface area contributed by atoms with Gasteiger partial charge in [-0.05, 0) is 26.7 Å². The number of hydrogen-bond donors (Lipinski definition) is 3. The molecule has 0 atom stereocenters. The second kappa shape index (κ2) is 7.64. The highest BCUT2D eigenvalue weighted by Gasteiger charge is 2.38. The number of carbonyl (C=O) groups is 2. The normalized spacial score (nSPS) is 18.6. The maximum atomic E-state index is 11.8. The van der Waals surface area contributed by atoms with Crippen LogP contribution in [0.4, 0.5) is 4.79 Å². The van der Waals surface area contributed by atoms with Crippen molar-refractivity contribution in [1.29, 1.82) is 0 Å². The minimum atomic E-state index is -0.815. The van der Waals surface area contributed by atoms with Crippen LogP contribution in [0.3, 0.4) is 0 Å². The van der Waals surface area contributed by atoms with E-state index < -0.39 is 17.0 Å². The lowest BCUT2D eigenvalue weighted by Crippen LogP contribution is -2.49. The van der Waals surface area contributed by atoms with Crippen LogP contribution in [-0.4, -0.2) is 42.9 Å². The van der Waals surface area contributed by atoms with Crippen molar-refractivity contribution in [3.8, 4) is 0 Å². The van der Waals surface area contributed by atoms with Gasteiger partial charge in [0.25, 0.3) is 0 Å². The maximum absolute atomic E-state index is 11.8. The van der Waals surface area contributed by atoms with E-state index in [4.69, 9.17) is 4.74 Å². The van der Waals surface area contributed by atoms with Crippen molar-refractivity contribution >= 4 is 12.0 Å². The molecule has 0 aromatic heterocycles. The molecule has 0 radical (unpaired) electrons. The zero-order valence-electron chi connectivity index (χ0n) is 13.3. The Kier molecular flexibility index (Phi) is 6.45. The Bertz CT molecular complexity index is 361. The number of rotatable bonds is 6. The Morgan fingerprint density at radius 1 is 1.14 bits per heavy atom. The van der Waals surface area contributed by atoms with Gasteiger partial charge in [-0.15, -0.1) is 0 Å². The van der Waals surface area contributed by atoms with E-state index in [-0.39, 0.29) is 12.6 Å². The predicted octanol–water partition coefficient (Wildman–Crippen LogP) is 2.14. The van der Waals surface area contributed by atoms with Crippen molar-refractivity contribution < 1.29 is 19.4 Å². The zero-order valence-corrected chi connectivity index (χ0v) is 13.3. The lowest BCUT2D eigenvalue weighted by atomic mass is 9.80. The van der Waals surface area contributed by atoms with Crippen molar-refractivity contribution in [3.63, 3.8) is 0 Å². The molecule has 0 aliphatic heterocycles. The number of methoxy groups -OCH3 is 1. The summed E-state index contributed by atoms with van der Waals surface area (Å²) in [6, 6.07) is -0.343. The molecule has 0 saturated heterocycles. The first kappa shape index (κ1) is 17.8. The molecule has 6 nitrogen and oxygen atoms in total. The van der Waals surface area contributed by atoms with Crippen LogP contribution in [0.1, 0.15) is 52.4 Å². The van der Waals surface area contributed by atoms with Gasteiger partial charge in [-0.3, -0.25) is 4.79 Å². The first-order chi connectivity index (χ1) is 9.81. The third-order valence-corrected chi connectivity index (χ3v) is 4.33. The molecule has 3 N–H and O–H groups in total. The van der Waals surface area contributed by atoms with Gasteiger partial charge in [-0.25, -0.2) is 4.79 Å². The van der Waals surface area contributed by atoms with Gasteiger partial charge in [0.15, 0.2) is 0 Å². The van der Waals surface area contributed by atoms with Gasteiger partial charge in [0.1, 0.15) is 0 Å². The van der Waals surface area contributed by atoms with Crippen LogP contribution < -0.4 is 10.6 Å². The summed E-state index contributed by atoms with van der Waals surface area (Å²) in [6.07, 6.45) is 5.23. The van der Waals surface area contributed by atoms with Crippen molar-refractivity contribution in [2.24, 2.45) is 5.41 Å². The van der Waals surface area contributed by atoms with Gasteiger partial charge in [0.05, 0.1) is 11.0 Å². The van der Waals surface area contributed by atoms with Crippen LogP contribution in [0.2, 0.25) is 0 Å². The number of carboxylic acids is 1. The van der Waals surface area contributed by atoms with Crippen molar-refractivity contribution in [3.05, 3.63) is 0 Å². The second-order valence-electron chi connectivity index (χ2n) is 6.50. The monoisotopic (exact) mass is 300 g/mol. The molecule has 122 valence electrons. The third-order valence-electron chi connectivity index (χ3n) is 4.33. The molecule has 0 aromatic carbocycles. The third kappa shape index (κ3) is 5.53. The van der Waals surface area contributed by atoms with Crippen LogP contribution in [0.15, 0.2) is 0 Å². The van der Waals surface area contributed by atoms with Crippen molar-refractivity contribution in [2.75, 3.05) is 20.2 Å². The largest absolute Gasteiger partial charge is 0.481 e. The number of nitrogens with one attached hydrogen (secondary N) is 2. The summed E-state index contributed by atoms with van der Waals surface area (Å²) in [5.74, 6) is -0.804. The van der Waals surface area contributed by atoms with Crippen LogP contribution in [0.5, 0.6) is 0 Å². The molecule has 1 rings (SSSR count). The van der Waals surface area contributed by atoms with E-state index >= 15 is 0 Å². The van der Waals surface area contributed by atoms with E-state index in [1.807, 2.05) is 13.8 Å². The number of ether oxygens (including phenoxy) is 1. The summed E-state index contributed by atoms with van der Waals surface area (Å²) >= 11 is 0. The molecule has 1 aliphatic rings. The number of amides is 2. The minimum absolute atomic E-state index is 0.182. The fourth-order valence-electron chi connectivity index (χ4n) is 2.55. The maximum Gasteiger partial charge on any atom is 0.314 e. The van der Waals surface area contributed by atoms with Gasteiger partial charge in [-0.2, -0.15) is 0 Å². The first-order valence-corrected chi connectivity index (χ1v) is 7.62. The van der Waals surface area contributed by atoms with E-state index in [9.17, 15) is 14.7 Å². The average molecular weight is 300 g/mol. The SMILES string of the molecule is COC(C)(C)CNC(=O)NCC1(C(=O)O)CCCCCC1. The summed E-state index contributed by atoms with van der Waals surface area (Å²) in [5.41, 5.74) is -1.26. The topological polar surface area (TPSA) is 87.7 Å². The molecule has 1 aliphatic carbocycles. The van der Waals surface area contributed by atoms with E-state index in [0.717, 1.165) is 25.7 Å². The number of carbonyl (C=O) groups excluding carboxylic acids is 1. The second-order valence-corrected chi connectivity index (χ2v) is 6.50. The number of urea groups is 1. The summed E-state index contributed by atoms with van der Waals surface area (Å²) in [7, 11) is 1.59. The fraction of sp³-hybridized carbons (Fsp3) is 0.867. The molecule has 1 fully saturated rings. The molecule has 21 heavy (non-hydrogen) atoms. The molecule has 0 aromatic rings. The molecule has 0 heterocycles. The number of hydrogen-bond acceptors (Lipinski definition) is 3. The van der Waals surface area contributed by atoms with Crippen molar-refractivity contribution in [1.82, 2.24) is 10.6 Å². The summed E-state index contributed by atoms with van der Waals surface area (Å²) in [5, 5.41) is 15.0. The summed E-state index contributed by atoms with van der Waals surface area (Å²) in [4.78, 5) is 23.4. The predicted molar refractivity (Wildman–Crippen MR) is 80.3 cm³/mol. The Morgan fingerprint density at radius 2 is 1.71 bits per heavy atom. The number of aliphatic carboxylic acids is 1. The Labute approximate surface area is 126 Å². The average Bonchev–Trinajstić information content (AvgIpc) is 2.69. The molecular weight excluding hydrogens is 272 g/mol. The van der Waals surface area contributed by atoms with E-state index in [1.165, 1.54) is 0 Å². The molecule has 0 unspecified atom stereocenters. The van der Waals surface area contributed by atoms with Crippen LogP contribution >= 0.6 is 0 Å². The van der Waals surface area contributed by atoms with Gasteiger partial charge in [0, 0.05) is 20.2 Å². The van der Waals surface area contributed by atoms with Crippen molar-refractivity contribution in [2.45, 2.75) is 58.0 Å². The van der Waals surface area contributed by atoms with E-state index in [1.54, 1.807) is 7.11 Å². The molecular formula is C15H28N2O4. The first-order valence-electron chi connectivity index (χ1n) is 7.62. The fourth-order valence-corrected chi connectivity index (χ4v) is 2.55. The van der Waals surface area contributed by atoms with Crippen LogP contribution in [0, 0.1) is 5.41 Å². The lowest BCUT2D eigenvalue weighted by Gasteiger charge is -2.29. The highest BCUT2D eigenvalue weighted by molar-refractivity contribution is 5.78. The highest BCUT2D eigenvalue weighted by Crippen LogP contribution is 2.34. The highest BCUT2D eigenvalue weighted by atomic mass is 16.5. The summed E-state index contributed by atoms with van der Waals surface area (Å²) < 4.78 is 5.22. The Hall–Kier alpha value is -1.30. The smallest absolute Gasteiger partial charge is 0.314 e. The summed E-state index contributed by atoms with van der Waals surface area (Å²) in [6.45, 7) is 4.30. The van der Waals surface area contributed by atoms with Gasteiger partial charge < -0.3 is 20.5 Å². The van der Waals surface area contributed by atoms with E-state index in [0.29, 0.717) is 19.4 Å². The Balaban J connectivity index is 2.49. The standard InChI is InChI=1S/C15H28N2O4/c1-14(2,21-3)10-16-13(20)17-11-15(12(18)19)8-6-4-5-7-9-15/h4-11H2,1-3H3,(H,18,19)(H2,16,17,20). The quantitative estimate of drug-likeness (QED) is 0.656. The minimum Gasteiger partial charge on any atom is -0.481 e. The number of carboxylic acid groups (broad SMARTS) is 1. The molecule has 6 heteroatoms. The zero-order chi connectivity index (χ0) is 15.9. The van der Waals surface area contributed by atoms with Crippen LogP contribution in [0.25, 0.3) is 0 Å². The Morgan fingerprint density at radius 3 is 2.19 bits per heavy atom. The lowest BCUT2D eigenvalue weighted by molar-refractivity contribution is -0.149. The van der Waals surface area contributed by atoms with Gasteiger partial charge in [0.2, 0.25) is 0 Å². The van der Waals surface area contributed by atoms with Crippen LogP contribution in [-0.2, 0) is 9.53 Å². The molecule has 0 bridgehead atoms. The molecule has 2 amide bonds. The van der Waals surface area contributed by atoms with Gasteiger partial charge in [-0.1, -0.05) is 25.7 Å². The molecule has 1 saturated carbocycles. The molecule has 0 spiro atoms. The van der Waals surface area contributed by atoms with Gasteiger partial charge >= 0.3 is 12.0 Å². The van der Waals surface area contributed by atoms with E-state index in [2.05, 4.69) is 10.6 Å².